The Bertz CT molecular complexity index is 1890. The number of aryl methyl sites for hydroxylation is 1. The van der Waals surface area contributed by atoms with Crippen LogP contribution >= 0.6 is 11.6 Å². The maximum Gasteiger partial charge on any atom is 0.300 e. The van der Waals surface area contributed by atoms with Gasteiger partial charge in [0.15, 0.2) is 0 Å². The summed E-state index contributed by atoms with van der Waals surface area (Å²) in [7, 11) is 0. The van der Waals surface area contributed by atoms with E-state index in [9.17, 15) is 4.79 Å². The molecular weight excluding hydrogens is 536 g/mol. The minimum atomic E-state index is -0.833. The SMILES string of the molecule is CC(=O)O.NCCCn1c(-c2ccc(Cl)cc2)c(-c2nc3ccc(-c4ccccc4)cc3[nH]c2=O)c2ccccc21. The maximum atomic E-state index is 13.6. The number of carboxylic acid groups (broad SMARTS) is 1. The first-order valence-electron chi connectivity index (χ1n) is 13.2. The molecule has 0 radical (unpaired) electrons. The van der Waals surface area contributed by atoms with Crippen molar-refractivity contribution in [2.75, 3.05) is 6.54 Å². The highest BCUT2D eigenvalue weighted by molar-refractivity contribution is 6.30. The molecule has 0 aliphatic rings. The first-order chi connectivity index (χ1) is 19.9. The second kappa shape index (κ2) is 12.2. The fourth-order valence-electron chi connectivity index (χ4n) is 5.00. The summed E-state index contributed by atoms with van der Waals surface area (Å²) in [5.74, 6) is -0.833. The molecule has 0 saturated heterocycles. The molecule has 0 aliphatic heterocycles. The average molecular weight is 565 g/mol. The molecule has 7 nitrogen and oxygen atoms in total. The van der Waals surface area contributed by atoms with Crippen LogP contribution in [0.15, 0.2) is 102 Å². The summed E-state index contributed by atoms with van der Waals surface area (Å²) < 4.78 is 2.24. The van der Waals surface area contributed by atoms with Gasteiger partial charge in [0.25, 0.3) is 11.5 Å². The van der Waals surface area contributed by atoms with Crippen LogP contribution in [0.4, 0.5) is 0 Å². The van der Waals surface area contributed by atoms with Crippen molar-refractivity contribution in [2.24, 2.45) is 5.73 Å². The molecule has 2 heterocycles. The van der Waals surface area contributed by atoms with Crippen LogP contribution in [0.3, 0.4) is 0 Å². The molecule has 6 rings (SSSR count). The van der Waals surface area contributed by atoms with E-state index in [-0.39, 0.29) is 5.56 Å². The summed E-state index contributed by atoms with van der Waals surface area (Å²) in [6, 6.07) is 31.9. The Hall–Kier alpha value is -4.72. The molecule has 0 saturated carbocycles. The third kappa shape index (κ3) is 5.91. The lowest BCUT2D eigenvalue weighted by molar-refractivity contribution is -0.134. The number of aromatic nitrogens is 3. The summed E-state index contributed by atoms with van der Waals surface area (Å²) in [4.78, 5) is 30.6. The van der Waals surface area contributed by atoms with Crippen LogP contribution in [-0.2, 0) is 11.3 Å². The summed E-state index contributed by atoms with van der Waals surface area (Å²) in [6.45, 7) is 2.38. The zero-order chi connectivity index (χ0) is 28.9. The third-order valence-corrected chi connectivity index (χ3v) is 6.96. The molecule has 0 amide bonds. The van der Waals surface area contributed by atoms with E-state index in [0.717, 1.165) is 64.3 Å². The number of nitrogens with one attached hydrogen (secondary N) is 1. The van der Waals surface area contributed by atoms with Gasteiger partial charge in [-0.2, -0.15) is 0 Å². The van der Waals surface area contributed by atoms with Crippen LogP contribution in [0.1, 0.15) is 13.3 Å². The van der Waals surface area contributed by atoms with E-state index >= 15 is 0 Å². The second-order valence-corrected chi connectivity index (χ2v) is 10.0. The van der Waals surface area contributed by atoms with E-state index < -0.39 is 5.97 Å². The summed E-state index contributed by atoms with van der Waals surface area (Å²) in [6.07, 6.45) is 0.808. The van der Waals surface area contributed by atoms with Crippen molar-refractivity contribution in [3.63, 3.8) is 0 Å². The van der Waals surface area contributed by atoms with Crippen LogP contribution in [0.2, 0.25) is 5.02 Å². The molecule has 0 aliphatic carbocycles. The summed E-state index contributed by atoms with van der Waals surface area (Å²) >= 11 is 6.21. The topological polar surface area (TPSA) is 114 Å². The van der Waals surface area contributed by atoms with Crippen molar-refractivity contribution < 1.29 is 9.90 Å². The number of benzene rings is 4. The first-order valence-corrected chi connectivity index (χ1v) is 13.6. The standard InChI is InChI=1S/C31H25ClN4O.C2H4O2/c32-23-14-11-21(12-15-23)30-28(24-9-4-5-10-27(24)36(30)18-6-17-33)29-31(37)35-26-19-22(13-16-25(26)34-29)20-7-2-1-3-8-20;1-2(3)4/h1-5,7-16,19H,6,17-18,33H2,(H,35,37);1H3,(H,3,4). The van der Waals surface area contributed by atoms with Crippen LogP contribution in [-0.4, -0.2) is 32.2 Å². The minimum absolute atomic E-state index is 0.227. The fourth-order valence-corrected chi connectivity index (χ4v) is 5.12. The predicted octanol–water partition coefficient (Wildman–Crippen LogP) is 6.97. The normalized spacial score (nSPS) is 10.9. The van der Waals surface area contributed by atoms with Gasteiger partial charge < -0.3 is 20.4 Å². The van der Waals surface area contributed by atoms with Crippen LogP contribution < -0.4 is 11.3 Å². The quantitative estimate of drug-likeness (QED) is 0.202. The number of rotatable bonds is 6. The summed E-state index contributed by atoms with van der Waals surface area (Å²) in [5.41, 5.74) is 13.4. The van der Waals surface area contributed by atoms with Crippen molar-refractivity contribution in [2.45, 2.75) is 19.9 Å². The minimum Gasteiger partial charge on any atom is -0.481 e. The van der Waals surface area contributed by atoms with E-state index in [4.69, 9.17) is 32.2 Å². The van der Waals surface area contributed by atoms with Crippen molar-refractivity contribution in [1.29, 1.82) is 0 Å². The van der Waals surface area contributed by atoms with E-state index in [1.165, 1.54) is 0 Å². The Kier molecular flexibility index (Phi) is 8.29. The number of hydrogen-bond acceptors (Lipinski definition) is 4. The number of aromatic amines is 1. The van der Waals surface area contributed by atoms with Crippen LogP contribution in [0.5, 0.6) is 0 Å². The highest BCUT2D eigenvalue weighted by Gasteiger charge is 2.23. The molecule has 4 aromatic carbocycles. The maximum absolute atomic E-state index is 13.6. The highest BCUT2D eigenvalue weighted by Crippen LogP contribution is 2.40. The lowest BCUT2D eigenvalue weighted by atomic mass is 10.0. The molecule has 4 N–H and O–H groups in total. The van der Waals surface area contributed by atoms with Crippen LogP contribution in [0.25, 0.3) is 55.6 Å². The van der Waals surface area contributed by atoms with Gasteiger partial charge in [0.05, 0.1) is 16.7 Å². The Labute approximate surface area is 241 Å². The van der Waals surface area contributed by atoms with Gasteiger partial charge in [0, 0.05) is 35.0 Å². The van der Waals surface area contributed by atoms with Crippen molar-refractivity contribution >= 4 is 39.5 Å². The Morgan fingerprint density at radius 3 is 2.29 bits per heavy atom. The van der Waals surface area contributed by atoms with E-state index in [1.807, 2.05) is 78.9 Å². The number of fused-ring (bicyclic) bond motifs is 2. The fraction of sp³-hybridized carbons (Fsp3) is 0.121. The zero-order valence-corrected chi connectivity index (χ0v) is 23.2. The van der Waals surface area contributed by atoms with E-state index in [2.05, 4.69) is 27.8 Å². The number of aliphatic carboxylic acids is 1. The number of para-hydroxylation sites is 1. The molecule has 0 atom stereocenters. The molecule has 0 spiro atoms. The van der Waals surface area contributed by atoms with Gasteiger partial charge in [-0.1, -0.05) is 78.3 Å². The number of hydrogen-bond donors (Lipinski definition) is 3. The smallest absolute Gasteiger partial charge is 0.300 e. The van der Waals surface area contributed by atoms with Gasteiger partial charge in [-0.05, 0) is 60.0 Å². The van der Waals surface area contributed by atoms with Gasteiger partial charge >= 0.3 is 0 Å². The molecule has 2 aromatic heterocycles. The molecule has 206 valence electrons. The molecule has 0 unspecified atom stereocenters. The number of carboxylic acids is 1. The largest absolute Gasteiger partial charge is 0.481 e. The Balaban J connectivity index is 0.000000794. The zero-order valence-electron chi connectivity index (χ0n) is 22.5. The van der Waals surface area contributed by atoms with Crippen molar-refractivity contribution in [1.82, 2.24) is 14.5 Å². The number of carbonyl (C=O) groups is 1. The van der Waals surface area contributed by atoms with E-state index in [1.54, 1.807) is 0 Å². The molecular formula is C33H29ClN4O3. The Morgan fingerprint density at radius 1 is 0.927 bits per heavy atom. The second-order valence-electron chi connectivity index (χ2n) is 9.57. The van der Waals surface area contributed by atoms with Gasteiger partial charge in [-0.3, -0.25) is 9.59 Å². The first kappa shape index (κ1) is 27.8. The molecule has 0 fully saturated rings. The van der Waals surface area contributed by atoms with Crippen molar-refractivity contribution in [3.05, 3.63) is 112 Å². The third-order valence-electron chi connectivity index (χ3n) is 6.71. The lowest BCUT2D eigenvalue weighted by Gasteiger charge is -2.13. The monoisotopic (exact) mass is 564 g/mol. The molecule has 6 aromatic rings. The molecule has 8 heteroatoms. The molecule has 41 heavy (non-hydrogen) atoms. The number of halogens is 1. The van der Waals surface area contributed by atoms with Crippen molar-refractivity contribution in [3.8, 4) is 33.6 Å². The van der Waals surface area contributed by atoms with Gasteiger partial charge in [-0.15, -0.1) is 0 Å². The number of nitrogens with two attached hydrogens (primary N) is 1. The van der Waals surface area contributed by atoms with Gasteiger partial charge in [0.2, 0.25) is 0 Å². The van der Waals surface area contributed by atoms with Crippen LogP contribution in [0, 0.1) is 0 Å². The number of nitrogens with zero attached hydrogens (tertiary/aromatic N) is 2. The highest BCUT2D eigenvalue weighted by atomic mass is 35.5. The average Bonchev–Trinajstić information content (AvgIpc) is 3.30. The van der Waals surface area contributed by atoms with E-state index in [0.29, 0.717) is 22.8 Å². The Morgan fingerprint density at radius 2 is 1.59 bits per heavy atom. The number of H-pyrrole nitrogens is 1. The summed E-state index contributed by atoms with van der Waals surface area (Å²) in [5, 5.41) is 9.05. The molecule has 0 bridgehead atoms. The van der Waals surface area contributed by atoms with Gasteiger partial charge in [0.1, 0.15) is 5.69 Å². The van der Waals surface area contributed by atoms with Gasteiger partial charge in [-0.25, -0.2) is 4.98 Å². The lowest BCUT2D eigenvalue weighted by Crippen LogP contribution is -2.12. The predicted molar refractivity (Wildman–Crippen MR) is 166 cm³/mol.